The average molecular weight is 267 g/mol. The van der Waals surface area contributed by atoms with E-state index in [9.17, 15) is 0 Å². The summed E-state index contributed by atoms with van der Waals surface area (Å²) in [6, 6.07) is 8.25. The van der Waals surface area contributed by atoms with Gasteiger partial charge in [-0.15, -0.1) is 0 Å². The molecule has 0 amide bonds. The van der Waals surface area contributed by atoms with E-state index in [0.717, 1.165) is 11.3 Å². The molecular weight excluding hydrogens is 242 g/mol. The summed E-state index contributed by atoms with van der Waals surface area (Å²) in [7, 11) is 3.27. The largest absolute Gasteiger partial charge is 0.491 e. The molecule has 1 atom stereocenters. The maximum Gasteiger partial charge on any atom is 0.169 e. The second-order valence-electron chi connectivity index (χ2n) is 4.74. The lowest BCUT2D eigenvalue weighted by Crippen LogP contribution is -2.31. The van der Waals surface area contributed by atoms with Crippen molar-refractivity contribution in [3.8, 4) is 5.75 Å². The van der Waals surface area contributed by atoms with Crippen LogP contribution in [-0.4, -0.2) is 33.2 Å². The van der Waals surface area contributed by atoms with Crippen LogP contribution in [-0.2, 0) is 9.47 Å². The molecule has 1 rings (SSSR count). The number of benzene rings is 1. The highest BCUT2D eigenvalue weighted by Gasteiger charge is 2.14. The number of hydrogen-bond acceptors (Lipinski definition) is 4. The van der Waals surface area contributed by atoms with Gasteiger partial charge in [0.1, 0.15) is 5.75 Å². The van der Waals surface area contributed by atoms with Crippen LogP contribution in [0, 0.1) is 0 Å². The third-order valence-corrected chi connectivity index (χ3v) is 2.86. The monoisotopic (exact) mass is 267 g/mol. The summed E-state index contributed by atoms with van der Waals surface area (Å²) in [5.41, 5.74) is 1.14. The minimum atomic E-state index is -0.236. The first-order valence-electron chi connectivity index (χ1n) is 6.63. The Morgan fingerprint density at radius 2 is 1.68 bits per heavy atom. The Labute approximate surface area is 116 Å². The van der Waals surface area contributed by atoms with E-state index in [4.69, 9.17) is 14.2 Å². The summed E-state index contributed by atoms with van der Waals surface area (Å²) in [5.74, 6) is 0.920. The van der Waals surface area contributed by atoms with E-state index >= 15 is 0 Å². The van der Waals surface area contributed by atoms with Crippen molar-refractivity contribution in [1.82, 2.24) is 5.32 Å². The first-order chi connectivity index (χ1) is 9.08. The van der Waals surface area contributed by atoms with E-state index in [1.54, 1.807) is 14.2 Å². The highest BCUT2D eigenvalue weighted by atomic mass is 16.7. The normalized spacial score (nSPS) is 13.0. The number of methoxy groups -OCH3 is 2. The maximum absolute atomic E-state index is 5.82. The molecule has 0 aromatic heterocycles. The molecule has 1 aromatic carbocycles. The predicted molar refractivity (Wildman–Crippen MR) is 76.4 cm³/mol. The van der Waals surface area contributed by atoms with Crippen LogP contribution in [0.25, 0.3) is 0 Å². The summed E-state index contributed by atoms with van der Waals surface area (Å²) in [6.45, 7) is 6.79. The molecule has 0 saturated carbocycles. The Morgan fingerprint density at radius 1 is 1.05 bits per heavy atom. The van der Waals surface area contributed by atoms with E-state index in [1.165, 1.54) is 0 Å². The van der Waals surface area contributed by atoms with Crippen molar-refractivity contribution in [1.29, 1.82) is 0 Å². The van der Waals surface area contributed by atoms with Gasteiger partial charge >= 0.3 is 0 Å². The lowest BCUT2D eigenvalue weighted by molar-refractivity contribution is -0.0997. The second-order valence-corrected chi connectivity index (χ2v) is 4.74. The Morgan fingerprint density at radius 3 is 2.26 bits per heavy atom. The summed E-state index contributed by atoms with van der Waals surface area (Å²) < 4.78 is 16.2. The summed E-state index contributed by atoms with van der Waals surface area (Å²) in [4.78, 5) is 0. The van der Waals surface area contributed by atoms with Crippen LogP contribution >= 0.6 is 0 Å². The average Bonchev–Trinajstić information content (AvgIpc) is 2.39. The molecule has 0 radical (unpaired) electrons. The number of rotatable bonds is 8. The zero-order valence-corrected chi connectivity index (χ0v) is 12.5. The van der Waals surface area contributed by atoms with Gasteiger partial charge in [-0.05, 0) is 26.8 Å². The molecule has 4 heteroatoms. The highest BCUT2D eigenvalue weighted by Crippen LogP contribution is 2.25. The molecule has 1 unspecified atom stereocenters. The molecular formula is C15H25NO3. The van der Waals surface area contributed by atoms with E-state index in [2.05, 4.69) is 18.3 Å². The van der Waals surface area contributed by atoms with Crippen LogP contribution in [0.4, 0.5) is 0 Å². The minimum absolute atomic E-state index is 0.166. The fourth-order valence-electron chi connectivity index (χ4n) is 1.85. The van der Waals surface area contributed by atoms with E-state index in [1.807, 2.05) is 32.0 Å². The Hall–Kier alpha value is -1.10. The zero-order chi connectivity index (χ0) is 14.3. The summed E-state index contributed by atoms with van der Waals surface area (Å²) in [5, 5.41) is 3.38. The van der Waals surface area contributed by atoms with Gasteiger partial charge in [0.25, 0.3) is 0 Å². The van der Waals surface area contributed by atoms with Crippen molar-refractivity contribution in [3.63, 3.8) is 0 Å². The van der Waals surface area contributed by atoms with Gasteiger partial charge in [-0.1, -0.05) is 18.2 Å². The lowest BCUT2D eigenvalue weighted by atomic mass is 10.1. The third kappa shape index (κ3) is 5.19. The Kier molecular flexibility index (Phi) is 6.84. The smallest absolute Gasteiger partial charge is 0.169 e. The predicted octanol–water partition coefficient (Wildman–Crippen LogP) is 2.74. The van der Waals surface area contributed by atoms with E-state index in [-0.39, 0.29) is 18.4 Å². The van der Waals surface area contributed by atoms with Crippen molar-refractivity contribution >= 4 is 0 Å². The van der Waals surface area contributed by atoms with Crippen LogP contribution in [0.15, 0.2) is 24.3 Å². The van der Waals surface area contributed by atoms with Crippen molar-refractivity contribution in [2.24, 2.45) is 0 Å². The molecule has 0 heterocycles. The molecule has 1 aromatic rings. The molecule has 19 heavy (non-hydrogen) atoms. The maximum atomic E-state index is 5.82. The molecule has 0 fully saturated rings. The van der Waals surface area contributed by atoms with Gasteiger partial charge in [-0.3, -0.25) is 0 Å². The van der Waals surface area contributed by atoms with Crippen LogP contribution in [0.1, 0.15) is 32.4 Å². The lowest BCUT2D eigenvalue weighted by Gasteiger charge is -2.22. The first-order valence-corrected chi connectivity index (χ1v) is 6.63. The molecule has 4 nitrogen and oxygen atoms in total. The topological polar surface area (TPSA) is 39.7 Å². The summed E-state index contributed by atoms with van der Waals surface area (Å²) in [6.07, 6.45) is -0.0697. The molecule has 0 bridgehead atoms. The third-order valence-electron chi connectivity index (χ3n) is 2.86. The minimum Gasteiger partial charge on any atom is -0.491 e. The van der Waals surface area contributed by atoms with Crippen LogP contribution in [0.2, 0.25) is 0 Å². The van der Waals surface area contributed by atoms with Crippen molar-refractivity contribution in [3.05, 3.63) is 29.8 Å². The zero-order valence-electron chi connectivity index (χ0n) is 12.5. The number of hydrogen-bond donors (Lipinski definition) is 1. The van der Waals surface area contributed by atoms with Crippen molar-refractivity contribution < 1.29 is 14.2 Å². The molecule has 108 valence electrons. The van der Waals surface area contributed by atoms with E-state index in [0.29, 0.717) is 6.54 Å². The SMILES string of the molecule is COC(CNC(C)c1ccccc1OC(C)C)OC. The van der Waals surface area contributed by atoms with Crippen molar-refractivity contribution in [2.45, 2.75) is 39.2 Å². The van der Waals surface area contributed by atoms with Crippen LogP contribution in [0.5, 0.6) is 5.75 Å². The fourth-order valence-corrected chi connectivity index (χ4v) is 1.85. The number of para-hydroxylation sites is 1. The molecule has 0 spiro atoms. The highest BCUT2D eigenvalue weighted by molar-refractivity contribution is 5.35. The van der Waals surface area contributed by atoms with Gasteiger partial charge in [0, 0.05) is 32.4 Å². The molecule has 1 N–H and O–H groups in total. The number of ether oxygens (including phenoxy) is 3. The molecule has 0 aliphatic rings. The van der Waals surface area contributed by atoms with Crippen molar-refractivity contribution in [2.75, 3.05) is 20.8 Å². The van der Waals surface area contributed by atoms with Gasteiger partial charge in [-0.2, -0.15) is 0 Å². The van der Waals surface area contributed by atoms with Gasteiger partial charge in [0.15, 0.2) is 6.29 Å². The quantitative estimate of drug-likeness (QED) is 0.735. The van der Waals surface area contributed by atoms with E-state index < -0.39 is 0 Å². The number of nitrogens with one attached hydrogen (secondary N) is 1. The Bertz CT molecular complexity index is 364. The van der Waals surface area contributed by atoms with Gasteiger partial charge in [0.05, 0.1) is 6.10 Å². The van der Waals surface area contributed by atoms with Gasteiger partial charge in [0.2, 0.25) is 0 Å². The molecule has 0 saturated heterocycles. The second kappa shape index (κ2) is 8.15. The van der Waals surface area contributed by atoms with Crippen LogP contribution < -0.4 is 10.1 Å². The summed E-state index contributed by atoms with van der Waals surface area (Å²) >= 11 is 0. The van der Waals surface area contributed by atoms with Gasteiger partial charge < -0.3 is 19.5 Å². The first kappa shape index (κ1) is 16.0. The molecule has 0 aliphatic heterocycles. The molecule has 0 aliphatic carbocycles. The van der Waals surface area contributed by atoms with Gasteiger partial charge in [-0.25, -0.2) is 0 Å². The van der Waals surface area contributed by atoms with Crippen LogP contribution in [0.3, 0.4) is 0 Å². The standard InChI is InChI=1S/C15H25NO3/c1-11(2)19-14-9-7-6-8-13(14)12(3)16-10-15(17-4)18-5/h6-9,11-12,15-16H,10H2,1-5H3. The Balaban J connectivity index is 2.67. The fraction of sp³-hybridized carbons (Fsp3) is 0.600.